The van der Waals surface area contributed by atoms with Crippen molar-refractivity contribution < 1.29 is 9.59 Å². The van der Waals surface area contributed by atoms with Crippen LogP contribution in [0.5, 0.6) is 0 Å². The van der Waals surface area contributed by atoms with Gasteiger partial charge in [0.2, 0.25) is 0 Å². The monoisotopic (exact) mass is 566 g/mol. The molecule has 2 N–H and O–H groups in total. The summed E-state index contributed by atoms with van der Waals surface area (Å²) in [7, 11) is 0. The van der Waals surface area contributed by atoms with Crippen LogP contribution in [0.1, 0.15) is 70.1 Å². The fraction of sp³-hybridized carbons (Fsp3) is 0.265. The van der Waals surface area contributed by atoms with Gasteiger partial charge in [-0.1, -0.05) is 36.4 Å². The first-order valence-corrected chi connectivity index (χ1v) is 14.7. The van der Waals surface area contributed by atoms with Gasteiger partial charge in [-0.3, -0.25) is 14.6 Å². The first-order chi connectivity index (χ1) is 20.0. The molecule has 210 valence electrons. The van der Waals surface area contributed by atoms with Crippen LogP contribution in [-0.4, -0.2) is 29.9 Å². The average molecular weight is 567 g/mol. The van der Waals surface area contributed by atoms with Crippen molar-refractivity contribution in [2.75, 3.05) is 23.3 Å². The molecule has 1 atom stereocenters. The molecule has 0 aliphatic heterocycles. The van der Waals surface area contributed by atoms with E-state index in [0.29, 0.717) is 28.4 Å². The van der Waals surface area contributed by atoms with Crippen molar-refractivity contribution in [1.82, 2.24) is 10.3 Å². The fourth-order valence-electron chi connectivity index (χ4n) is 5.49. The van der Waals surface area contributed by atoms with E-state index in [2.05, 4.69) is 52.6 Å². The number of anilines is 2. The second-order valence-corrected chi connectivity index (χ2v) is 10.5. The van der Waals surface area contributed by atoms with E-state index < -0.39 is 0 Å². The van der Waals surface area contributed by atoms with Gasteiger partial charge in [0.05, 0.1) is 17.4 Å². The van der Waals surface area contributed by atoms with Gasteiger partial charge in [0.25, 0.3) is 11.8 Å². The highest BCUT2D eigenvalue weighted by atomic mass is 35.5. The van der Waals surface area contributed by atoms with Gasteiger partial charge < -0.3 is 15.5 Å². The van der Waals surface area contributed by atoms with E-state index in [0.717, 1.165) is 49.2 Å². The van der Waals surface area contributed by atoms with Crippen LogP contribution in [0.15, 0.2) is 85.1 Å². The molecular weight excluding hydrogens is 532 g/mol. The summed E-state index contributed by atoms with van der Waals surface area (Å²) in [6.45, 7) is 5.89. The van der Waals surface area contributed by atoms with E-state index >= 15 is 0 Å². The number of halogens is 1. The molecule has 4 aromatic rings. The van der Waals surface area contributed by atoms with Crippen LogP contribution in [-0.2, 0) is 12.3 Å². The molecule has 0 bridgehead atoms. The molecule has 0 spiro atoms. The molecule has 41 heavy (non-hydrogen) atoms. The maximum Gasteiger partial charge on any atom is 0.255 e. The molecule has 3 aromatic carbocycles. The highest BCUT2D eigenvalue weighted by Gasteiger charge is 2.22. The number of carbonyl (C=O) groups excluding carboxylic acids is 2. The lowest BCUT2D eigenvalue weighted by molar-refractivity contribution is 0.0932. The van der Waals surface area contributed by atoms with E-state index in [1.165, 1.54) is 11.1 Å². The van der Waals surface area contributed by atoms with Crippen LogP contribution >= 0.6 is 11.6 Å². The van der Waals surface area contributed by atoms with Gasteiger partial charge >= 0.3 is 0 Å². The number of fused-ring (bicyclic) bond motifs is 1. The van der Waals surface area contributed by atoms with E-state index in [1.54, 1.807) is 30.5 Å². The zero-order chi connectivity index (χ0) is 28.8. The van der Waals surface area contributed by atoms with Gasteiger partial charge in [-0.05, 0) is 92.3 Å². The second-order valence-electron chi connectivity index (χ2n) is 10.2. The predicted octanol–water partition coefficient (Wildman–Crippen LogP) is 7.39. The maximum absolute atomic E-state index is 13.5. The van der Waals surface area contributed by atoms with Gasteiger partial charge in [0.1, 0.15) is 0 Å². The van der Waals surface area contributed by atoms with Gasteiger partial charge in [-0.2, -0.15) is 0 Å². The molecule has 0 fully saturated rings. The highest BCUT2D eigenvalue weighted by molar-refractivity contribution is 6.17. The largest absolute Gasteiger partial charge is 0.372 e. The van der Waals surface area contributed by atoms with Crippen molar-refractivity contribution in [3.8, 4) is 11.3 Å². The molecule has 0 saturated carbocycles. The molecule has 1 aliphatic carbocycles. The van der Waals surface area contributed by atoms with Crippen molar-refractivity contribution in [2.45, 2.75) is 45.0 Å². The Morgan fingerprint density at radius 3 is 2.54 bits per heavy atom. The lowest BCUT2D eigenvalue weighted by Gasteiger charge is -2.26. The summed E-state index contributed by atoms with van der Waals surface area (Å²) in [5.74, 6) is -0.0479. The third-order valence-corrected chi connectivity index (χ3v) is 8.00. The Balaban J connectivity index is 1.46. The molecule has 7 heteroatoms. The summed E-state index contributed by atoms with van der Waals surface area (Å²) < 4.78 is 0. The second kappa shape index (κ2) is 13.0. The molecule has 1 aromatic heterocycles. The normalized spacial score (nSPS) is 14.2. The van der Waals surface area contributed by atoms with Crippen molar-refractivity contribution in [1.29, 1.82) is 0 Å². The Kier molecular flexibility index (Phi) is 9.00. The summed E-state index contributed by atoms with van der Waals surface area (Å²) in [6, 6.07) is 25.0. The molecule has 0 saturated heterocycles. The van der Waals surface area contributed by atoms with E-state index in [-0.39, 0.29) is 17.9 Å². The van der Waals surface area contributed by atoms with Crippen LogP contribution in [0.3, 0.4) is 0 Å². The summed E-state index contributed by atoms with van der Waals surface area (Å²) in [4.78, 5) is 33.6. The standard InChI is InChI=1S/C34H35ClN4O2/c1-3-39(4-2)27-15-16-31(38-33(40)25-12-7-9-23(19-25)22-35)29(21-27)32-20-26(17-18-36-32)34(41)37-30-14-8-11-24-10-5-6-13-28(24)30/h5-7,9-10,12-13,15-21,30H,3-4,8,11,14,22H2,1-2H3,(H,37,41)(H,38,40). The number of amides is 2. The van der Waals surface area contributed by atoms with Crippen LogP contribution in [0, 0.1) is 0 Å². The zero-order valence-corrected chi connectivity index (χ0v) is 24.2. The quantitative estimate of drug-likeness (QED) is 0.207. The third kappa shape index (κ3) is 6.44. The smallest absolute Gasteiger partial charge is 0.255 e. The Morgan fingerprint density at radius 1 is 0.927 bits per heavy atom. The molecule has 1 heterocycles. The van der Waals surface area contributed by atoms with E-state index in [4.69, 9.17) is 11.6 Å². The number of pyridine rings is 1. The van der Waals surface area contributed by atoms with Crippen molar-refractivity contribution >= 4 is 34.8 Å². The van der Waals surface area contributed by atoms with Crippen LogP contribution in [0.2, 0.25) is 0 Å². The van der Waals surface area contributed by atoms with E-state index in [9.17, 15) is 9.59 Å². The summed E-state index contributed by atoms with van der Waals surface area (Å²) in [6.07, 6.45) is 4.64. The minimum atomic E-state index is -0.237. The minimum absolute atomic E-state index is 0.0198. The number of alkyl halides is 1. The summed E-state index contributed by atoms with van der Waals surface area (Å²) in [5, 5.41) is 6.30. The SMILES string of the molecule is CCN(CC)c1ccc(NC(=O)c2cccc(CCl)c2)c(-c2cc(C(=O)NC3CCCc4ccccc43)ccn2)c1. The number of hydrogen-bond donors (Lipinski definition) is 2. The van der Waals surface area contributed by atoms with Gasteiger partial charge in [0.15, 0.2) is 0 Å². The molecule has 5 rings (SSSR count). The molecule has 2 amide bonds. The first kappa shape index (κ1) is 28.4. The van der Waals surface area contributed by atoms with Crippen LogP contribution < -0.4 is 15.5 Å². The number of benzene rings is 3. The van der Waals surface area contributed by atoms with Crippen LogP contribution in [0.25, 0.3) is 11.3 Å². The molecule has 1 aliphatic rings. The van der Waals surface area contributed by atoms with E-state index in [1.807, 2.05) is 36.4 Å². The third-order valence-electron chi connectivity index (χ3n) is 7.70. The van der Waals surface area contributed by atoms with Crippen molar-refractivity contribution in [3.63, 3.8) is 0 Å². The Bertz CT molecular complexity index is 1550. The van der Waals surface area contributed by atoms with Gasteiger partial charge in [-0.15, -0.1) is 11.6 Å². The number of aryl methyl sites for hydroxylation is 1. The number of nitrogens with one attached hydrogen (secondary N) is 2. The lowest BCUT2D eigenvalue weighted by atomic mass is 9.87. The predicted molar refractivity (Wildman–Crippen MR) is 167 cm³/mol. The number of nitrogens with zero attached hydrogens (tertiary/aromatic N) is 2. The zero-order valence-electron chi connectivity index (χ0n) is 23.5. The van der Waals surface area contributed by atoms with Gasteiger partial charge in [0, 0.05) is 47.5 Å². The topological polar surface area (TPSA) is 74.3 Å². The molecule has 1 unspecified atom stereocenters. The number of rotatable bonds is 9. The Morgan fingerprint density at radius 2 is 1.73 bits per heavy atom. The Labute approximate surface area is 246 Å². The average Bonchev–Trinajstić information content (AvgIpc) is 3.02. The fourth-order valence-corrected chi connectivity index (χ4v) is 5.66. The lowest BCUT2D eigenvalue weighted by Crippen LogP contribution is -2.31. The number of hydrogen-bond acceptors (Lipinski definition) is 4. The molecule has 6 nitrogen and oxygen atoms in total. The van der Waals surface area contributed by atoms with Crippen molar-refractivity contribution in [3.05, 3.63) is 113 Å². The minimum Gasteiger partial charge on any atom is -0.372 e. The summed E-state index contributed by atoms with van der Waals surface area (Å²) in [5.41, 5.74) is 7.40. The first-order valence-electron chi connectivity index (χ1n) is 14.2. The maximum atomic E-state index is 13.5. The Hall–Kier alpha value is -4.16. The molecule has 0 radical (unpaired) electrons. The number of aromatic nitrogens is 1. The number of carbonyl (C=O) groups is 2. The highest BCUT2D eigenvalue weighted by Crippen LogP contribution is 2.33. The van der Waals surface area contributed by atoms with Gasteiger partial charge in [-0.25, -0.2) is 0 Å². The van der Waals surface area contributed by atoms with Crippen molar-refractivity contribution in [2.24, 2.45) is 0 Å². The van der Waals surface area contributed by atoms with Crippen LogP contribution in [0.4, 0.5) is 11.4 Å². The summed E-state index contributed by atoms with van der Waals surface area (Å²) >= 11 is 5.99. The molecular formula is C34H35ClN4O2.